The zero-order chi connectivity index (χ0) is 25.8. The van der Waals surface area contributed by atoms with Crippen molar-refractivity contribution >= 4 is 5.95 Å². The average Bonchev–Trinajstić information content (AvgIpc) is 3.49. The molecular weight excluding hydrogens is 473 g/mol. The summed E-state index contributed by atoms with van der Waals surface area (Å²) in [7, 11) is 0. The lowest BCUT2D eigenvalue weighted by Gasteiger charge is -2.23. The predicted molar refractivity (Wildman–Crippen MR) is 137 cm³/mol. The number of fused-ring (bicyclic) bond motifs is 1. The van der Waals surface area contributed by atoms with E-state index in [4.69, 9.17) is 14.5 Å². The second-order valence-electron chi connectivity index (χ2n) is 10.3. The number of anilines is 1. The third-order valence-electron chi connectivity index (χ3n) is 6.84. The van der Waals surface area contributed by atoms with Crippen LogP contribution in [0.25, 0.3) is 22.5 Å². The summed E-state index contributed by atoms with van der Waals surface area (Å²) in [5, 5.41) is 3.35. The maximum Gasteiger partial charge on any atom is 0.275 e. The summed E-state index contributed by atoms with van der Waals surface area (Å²) in [5.74, 6) is -0.849. The van der Waals surface area contributed by atoms with Crippen LogP contribution >= 0.6 is 0 Å². The molecule has 1 N–H and O–H groups in total. The van der Waals surface area contributed by atoms with E-state index in [2.05, 4.69) is 10.3 Å². The van der Waals surface area contributed by atoms with Crippen molar-refractivity contribution in [3.63, 3.8) is 0 Å². The molecule has 6 rings (SSSR count). The Morgan fingerprint density at radius 1 is 1.03 bits per heavy atom. The quantitative estimate of drug-likeness (QED) is 0.430. The second kappa shape index (κ2) is 8.64. The standard InChI is InChI=1S/C28H28FN5O3/c1-18(19-7-5-4-6-8-19)31-26-30-14-13-22(32-26)24-23(20-9-11-21(29)12-10-20)25(35)34-16-28(15-33(24)34)36-17-27(2,3)37-28/h4-14,18H,15-17H2,1-3H3,(H,30,31,32)/t18-,28?/m0/s1. The zero-order valence-electron chi connectivity index (χ0n) is 20.9. The van der Waals surface area contributed by atoms with Crippen molar-refractivity contribution in [3.8, 4) is 22.5 Å². The van der Waals surface area contributed by atoms with Crippen LogP contribution in [0, 0.1) is 5.82 Å². The molecule has 2 aliphatic heterocycles. The SMILES string of the molecule is C[C@H](Nc1nccc(-c2c(-c3ccc(F)cc3)c(=O)n3n2CC2(C3)OCC(C)(C)O2)n1)c1ccccc1. The van der Waals surface area contributed by atoms with Gasteiger partial charge in [-0.1, -0.05) is 42.5 Å². The number of ether oxygens (including phenoxy) is 2. The molecule has 0 aliphatic carbocycles. The normalized spacial score (nSPS) is 20.8. The van der Waals surface area contributed by atoms with Crippen molar-refractivity contribution in [3.05, 3.63) is 88.6 Å². The molecule has 0 saturated carbocycles. The molecule has 1 unspecified atom stereocenters. The highest BCUT2D eigenvalue weighted by atomic mass is 19.1. The molecule has 1 spiro atoms. The Bertz CT molecular complexity index is 1510. The minimum absolute atomic E-state index is 0.0266. The molecule has 2 atom stereocenters. The van der Waals surface area contributed by atoms with Gasteiger partial charge < -0.3 is 14.8 Å². The van der Waals surface area contributed by atoms with E-state index < -0.39 is 11.4 Å². The van der Waals surface area contributed by atoms with Crippen LogP contribution in [0.5, 0.6) is 0 Å². The average molecular weight is 502 g/mol. The Balaban J connectivity index is 1.44. The molecule has 4 heterocycles. The number of hydrogen-bond donors (Lipinski definition) is 1. The van der Waals surface area contributed by atoms with E-state index >= 15 is 0 Å². The third kappa shape index (κ3) is 4.24. The lowest BCUT2D eigenvalue weighted by molar-refractivity contribution is -0.182. The van der Waals surface area contributed by atoms with Gasteiger partial charge in [-0.05, 0) is 50.1 Å². The van der Waals surface area contributed by atoms with E-state index in [0.717, 1.165) is 5.56 Å². The van der Waals surface area contributed by atoms with Crippen molar-refractivity contribution in [2.75, 3.05) is 11.9 Å². The molecule has 0 amide bonds. The summed E-state index contributed by atoms with van der Waals surface area (Å²) in [6, 6.07) is 17.7. The maximum atomic E-state index is 13.8. The van der Waals surface area contributed by atoms with E-state index in [9.17, 15) is 9.18 Å². The predicted octanol–water partition coefficient (Wildman–Crippen LogP) is 4.62. The number of benzene rings is 2. The first-order valence-electron chi connectivity index (χ1n) is 12.3. The van der Waals surface area contributed by atoms with Crippen molar-refractivity contribution in [2.24, 2.45) is 0 Å². The molecule has 2 aromatic heterocycles. The van der Waals surface area contributed by atoms with Crippen LogP contribution in [0.15, 0.2) is 71.7 Å². The molecule has 9 heteroatoms. The highest BCUT2D eigenvalue weighted by molar-refractivity contribution is 5.79. The van der Waals surface area contributed by atoms with Crippen molar-refractivity contribution < 1.29 is 13.9 Å². The third-order valence-corrected chi connectivity index (χ3v) is 6.84. The summed E-state index contributed by atoms with van der Waals surface area (Å²) in [6.07, 6.45) is 1.67. The maximum absolute atomic E-state index is 13.8. The fourth-order valence-corrected chi connectivity index (χ4v) is 5.16. The number of halogens is 1. The second-order valence-corrected chi connectivity index (χ2v) is 10.3. The van der Waals surface area contributed by atoms with Gasteiger partial charge in [-0.3, -0.25) is 9.48 Å². The van der Waals surface area contributed by atoms with Crippen LogP contribution in [0.2, 0.25) is 0 Å². The summed E-state index contributed by atoms with van der Waals surface area (Å²) in [6.45, 7) is 7.00. The van der Waals surface area contributed by atoms with Crippen LogP contribution in [0.3, 0.4) is 0 Å². The fraction of sp³-hybridized carbons (Fsp3) is 0.321. The first kappa shape index (κ1) is 23.6. The van der Waals surface area contributed by atoms with Crippen LogP contribution in [0.4, 0.5) is 10.3 Å². The van der Waals surface area contributed by atoms with Crippen LogP contribution < -0.4 is 10.9 Å². The zero-order valence-corrected chi connectivity index (χ0v) is 20.9. The molecule has 1 fully saturated rings. The topological polar surface area (TPSA) is 83.2 Å². The van der Waals surface area contributed by atoms with Gasteiger partial charge in [0, 0.05) is 6.20 Å². The van der Waals surface area contributed by atoms with Gasteiger partial charge in [-0.2, -0.15) is 0 Å². The van der Waals surface area contributed by atoms with Gasteiger partial charge in [0.05, 0.1) is 48.3 Å². The molecular formula is C28H28FN5O3. The number of rotatable bonds is 5. The highest BCUT2D eigenvalue weighted by Gasteiger charge is 2.51. The minimum atomic E-state index is -0.922. The number of nitrogens with zero attached hydrogens (tertiary/aromatic N) is 4. The van der Waals surface area contributed by atoms with Gasteiger partial charge in [0.2, 0.25) is 11.7 Å². The Hall–Kier alpha value is -3.82. The first-order chi connectivity index (χ1) is 17.7. The van der Waals surface area contributed by atoms with E-state index in [-0.39, 0.29) is 24.0 Å². The molecule has 0 bridgehead atoms. The fourth-order valence-electron chi connectivity index (χ4n) is 5.16. The summed E-state index contributed by atoms with van der Waals surface area (Å²) >= 11 is 0. The smallest absolute Gasteiger partial charge is 0.275 e. The Kier molecular flexibility index (Phi) is 5.50. The van der Waals surface area contributed by atoms with Gasteiger partial charge >= 0.3 is 0 Å². The van der Waals surface area contributed by atoms with Crippen LogP contribution in [-0.4, -0.2) is 37.3 Å². The molecule has 0 radical (unpaired) electrons. The van der Waals surface area contributed by atoms with E-state index in [1.807, 2.05) is 55.8 Å². The number of aromatic nitrogens is 4. The molecule has 8 nitrogen and oxygen atoms in total. The Morgan fingerprint density at radius 2 is 1.76 bits per heavy atom. The monoisotopic (exact) mass is 501 g/mol. The molecule has 2 aromatic carbocycles. The van der Waals surface area contributed by atoms with Crippen LogP contribution in [0.1, 0.15) is 32.4 Å². The molecule has 4 aromatic rings. The Morgan fingerprint density at radius 3 is 2.46 bits per heavy atom. The van der Waals surface area contributed by atoms with E-state index in [0.29, 0.717) is 41.6 Å². The first-order valence-corrected chi connectivity index (χ1v) is 12.3. The number of nitrogens with one attached hydrogen (secondary N) is 1. The highest BCUT2D eigenvalue weighted by Crippen LogP contribution is 2.40. The summed E-state index contributed by atoms with van der Waals surface area (Å²) in [5.41, 5.74) is 2.70. The van der Waals surface area contributed by atoms with Gasteiger partial charge in [-0.15, -0.1) is 0 Å². The summed E-state index contributed by atoms with van der Waals surface area (Å²) in [4.78, 5) is 23.0. The molecule has 190 valence electrons. The van der Waals surface area contributed by atoms with Crippen molar-refractivity contribution in [1.82, 2.24) is 19.3 Å². The van der Waals surface area contributed by atoms with Crippen LogP contribution in [-0.2, 0) is 22.6 Å². The van der Waals surface area contributed by atoms with Crippen molar-refractivity contribution in [2.45, 2.75) is 51.3 Å². The minimum Gasteiger partial charge on any atom is -0.348 e. The van der Waals surface area contributed by atoms with Gasteiger partial charge in [-0.25, -0.2) is 19.0 Å². The Labute approximate surface area is 213 Å². The van der Waals surface area contributed by atoms with Gasteiger partial charge in [0.1, 0.15) is 5.82 Å². The lowest BCUT2D eigenvalue weighted by atomic mass is 10.0. The van der Waals surface area contributed by atoms with Gasteiger partial charge in [0.25, 0.3) is 5.56 Å². The molecule has 2 aliphatic rings. The molecule has 1 saturated heterocycles. The van der Waals surface area contributed by atoms with E-state index in [1.165, 1.54) is 12.1 Å². The van der Waals surface area contributed by atoms with Gasteiger partial charge in [0.15, 0.2) is 0 Å². The largest absolute Gasteiger partial charge is 0.348 e. The lowest BCUT2D eigenvalue weighted by Crippen LogP contribution is -2.36. The molecule has 37 heavy (non-hydrogen) atoms. The number of hydrogen-bond acceptors (Lipinski definition) is 6. The summed E-state index contributed by atoms with van der Waals surface area (Å²) < 4.78 is 29.6. The van der Waals surface area contributed by atoms with E-state index in [1.54, 1.807) is 29.1 Å². The van der Waals surface area contributed by atoms with Crippen molar-refractivity contribution in [1.29, 1.82) is 0 Å².